The van der Waals surface area contributed by atoms with E-state index >= 15 is 0 Å². The van der Waals surface area contributed by atoms with Crippen molar-refractivity contribution in [2.24, 2.45) is 11.8 Å². The summed E-state index contributed by atoms with van der Waals surface area (Å²) in [7, 11) is 0. The second kappa shape index (κ2) is 8.28. The number of carbonyl (C=O) groups excluding carboxylic acids is 2. The number of nitrogens with zero attached hydrogens (tertiary/aromatic N) is 3. The van der Waals surface area contributed by atoms with Crippen LogP contribution in [0.4, 0.5) is 4.79 Å². The fourth-order valence-corrected chi connectivity index (χ4v) is 6.47. The third-order valence-electron chi connectivity index (χ3n) is 7.03. The van der Waals surface area contributed by atoms with Crippen molar-refractivity contribution in [3.05, 3.63) is 42.0 Å². The lowest BCUT2D eigenvalue weighted by Crippen LogP contribution is -2.70. The standard InChI is InChI=1S/C24H29N5O4/c1-3-32-19-7-18(4-5-26-19)21(30)28-23-8-16-6-17(9-23)11-24(10-16,14-23)29-22(31)33-20-13-25-12-15(2)27-20/h4-5,7,12-13,16-17H,3,6,8-11,14H2,1-2H3,(H,28,30)(H,29,31). The number of ether oxygens (including phenoxy) is 2. The Morgan fingerprint density at radius 1 is 1.09 bits per heavy atom. The molecule has 4 fully saturated rings. The van der Waals surface area contributed by atoms with Gasteiger partial charge in [0.05, 0.1) is 18.5 Å². The molecule has 4 aliphatic carbocycles. The summed E-state index contributed by atoms with van der Waals surface area (Å²) in [5, 5.41) is 6.47. The van der Waals surface area contributed by atoms with Crippen molar-refractivity contribution in [3.63, 3.8) is 0 Å². The molecule has 6 rings (SSSR count). The first-order valence-corrected chi connectivity index (χ1v) is 11.6. The van der Waals surface area contributed by atoms with Crippen LogP contribution in [0.15, 0.2) is 30.7 Å². The predicted octanol–water partition coefficient (Wildman–Crippen LogP) is 3.19. The molecular weight excluding hydrogens is 422 g/mol. The molecule has 4 bridgehead atoms. The molecule has 4 aliphatic rings. The number of nitrogens with one attached hydrogen (secondary N) is 2. The van der Waals surface area contributed by atoms with Gasteiger partial charge in [-0.2, -0.15) is 0 Å². The Kier molecular flexibility index (Phi) is 5.42. The van der Waals surface area contributed by atoms with Crippen LogP contribution in [0.5, 0.6) is 11.8 Å². The molecule has 4 saturated carbocycles. The first-order chi connectivity index (χ1) is 15.9. The summed E-state index contributed by atoms with van der Waals surface area (Å²) in [4.78, 5) is 38.3. The molecule has 2 atom stereocenters. The Labute approximate surface area is 192 Å². The Balaban J connectivity index is 1.31. The van der Waals surface area contributed by atoms with E-state index in [2.05, 4.69) is 25.6 Å². The number of hydrogen-bond acceptors (Lipinski definition) is 7. The minimum absolute atomic E-state index is 0.131. The van der Waals surface area contributed by atoms with Gasteiger partial charge >= 0.3 is 6.09 Å². The smallest absolute Gasteiger partial charge is 0.414 e. The molecule has 0 radical (unpaired) electrons. The Hall–Kier alpha value is -3.23. The van der Waals surface area contributed by atoms with Gasteiger partial charge in [0.2, 0.25) is 11.8 Å². The van der Waals surface area contributed by atoms with Crippen LogP contribution in [0.25, 0.3) is 0 Å². The van der Waals surface area contributed by atoms with E-state index in [4.69, 9.17) is 9.47 Å². The summed E-state index contributed by atoms with van der Waals surface area (Å²) < 4.78 is 10.9. The predicted molar refractivity (Wildman–Crippen MR) is 119 cm³/mol. The van der Waals surface area contributed by atoms with Gasteiger partial charge in [-0.05, 0) is 70.3 Å². The van der Waals surface area contributed by atoms with Crippen molar-refractivity contribution >= 4 is 12.0 Å². The number of rotatable bonds is 6. The highest BCUT2D eigenvalue weighted by Crippen LogP contribution is 2.57. The van der Waals surface area contributed by atoms with Gasteiger partial charge in [-0.1, -0.05) is 0 Å². The largest absolute Gasteiger partial charge is 0.478 e. The van der Waals surface area contributed by atoms with Crippen LogP contribution in [0.3, 0.4) is 0 Å². The van der Waals surface area contributed by atoms with Crippen LogP contribution >= 0.6 is 0 Å². The number of aryl methyl sites for hydroxylation is 1. The SMILES string of the molecule is CCOc1cc(C(=O)NC23CC4CC(CC(NC(=O)Oc5cncc(C)n5)(C4)C2)C3)ccn1. The van der Waals surface area contributed by atoms with Crippen molar-refractivity contribution in [2.45, 2.75) is 63.5 Å². The van der Waals surface area contributed by atoms with Crippen LogP contribution in [-0.4, -0.2) is 44.6 Å². The average molecular weight is 452 g/mol. The quantitative estimate of drug-likeness (QED) is 0.693. The van der Waals surface area contributed by atoms with Gasteiger partial charge in [-0.3, -0.25) is 9.78 Å². The van der Waals surface area contributed by atoms with E-state index in [0.29, 0.717) is 42.0 Å². The molecule has 0 aliphatic heterocycles. The molecule has 2 amide bonds. The monoisotopic (exact) mass is 451 g/mol. The maximum absolute atomic E-state index is 13.2. The molecule has 9 heteroatoms. The zero-order valence-electron chi connectivity index (χ0n) is 19.0. The molecule has 2 heterocycles. The molecule has 0 spiro atoms. The van der Waals surface area contributed by atoms with Crippen LogP contribution in [0.1, 0.15) is 61.5 Å². The lowest BCUT2D eigenvalue weighted by Gasteiger charge is -2.62. The summed E-state index contributed by atoms with van der Waals surface area (Å²) in [5.41, 5.74) is 0.483. The van der Waals surface area contributed by atoms with Gasteiger partial charge in [-0.25, -0.2) is 14.8 Å². The van der Waals surface area contributed by atoms with Crippen molar-refractivity contribution in [1.29, 1.82) is 0 Å². The summed E-state index contributed by atoms with van der Waals surface area (Å²) in [6.07, 6.45) is 9.61. The number of amides is 2. The van der Waals surface area contributed by atoms with Gasteiger partial charge < -0.3 is 20.1 Å². The fourth-order valence-electron chi connectivity index (χ4n) is 6.47. The van der Waals surface area contributed by atoms with E-state index in [1.165, 1.54) is 6.20 Å². The zero-order valence-corrected chi connectivity index (χ0v) is 19.0. The van der Waals surface area contributed by atoms with Gasteiger partial charge in [0.15, 0.2) is 0 Å². The summed E-state index contributed by atoms with van der Waals surface area (Å²) in [6.45, 7) is 4.17. The number of carbonyl (C=O) groups is 2. The minimum atomic E-state index is -0.520. The van der Waals surface area contributed by atoms with Gasteiger partial charge in [-0.15, -0.1) is 0 Å². The molecule has 2 aromatic rings. The second-order valence-corrected chi connectivity index (χ2v) is 9.80. The lowest BCUT2D eigenvalue weighted by atomic mass is 9.50. The highest BCUT2D eigenvalue weighted by atomic mass is 16.6. The van der Waals surface area contributed by atoms with E-state index < -0.39 is 6.09 Å². The van der Waals surface area contributed by atoms with E-state index in [1.807, 2.05) is 6.92 Å². The van der Waals surface area contributed by atoms with Crippen molar-refractivity contribution in [1.82, 2.24) is 25.6 Å². The number of hydrogen-bond donors (Lipinski definition) is 2. The maximum atomic E-state index is 13.2. The fraction of sp³-hybridized carbons (Fsp3) is 0.542. The molecular formula is C24H29N5O4. The highest BCUT2D eigenvalue weighted by Gasteiger charge is 2.59. The van der Waals surface area contributed by atoms with Crippen LogP contribution in [0, 0.1) is 18.8 Å². The summed E-state index contributed by atoms with van der Waals surface area (Å²) in [5.74, 6) is 1.41. The van der Waals surface area contributed by atoms with Crippen LogP contribution < -0.4 is 20.1 Å². The van der Waals surface area contributed by atoms with E-state index in [9.17, 15) is 9.59 Å². The highest BCUT2D eigenvalue weighted by molar-refractivity contribution is 5.95. The van der Waals surface area contributed by atoms with E-state index in [1.54, 1.807) is 31.5 Å². The minimum Gasteiger partial charge on any atom is -0.478 e. The summed E-state index contributed by atoms with van der Waals surface area (Å²) in [6, 6.07) is 3.38. The molecule has 33 heavy (non-hydrogen) atoms. The molecule has 0 aromatic carbocycles. The van der Waals surface area contributed by atoms with Crippen molar-refractivity contribution in [2.75, 3.05) is 6.61 Å². The third-order valence-corrected chi connectivity index (χ3v) is 7.03. The Bertz CT molecular complexity index is 1060. The van der Waals surface area contributed by atoms with Crippen molar-refractivity contribution < 1.29 is 19.1 Å². The zero-order chi connectivity index (χ0) is 23.1. The van der Waals surface area contributed by atoms with E-state index in [0.717, 1.165) is 32.1 Å². The number of aromatic nitrogens is 3. The number of pyridine rings is 1. The normalized spacial score (nSPS) is 29.4. The third kappa shape index (κ3) is 4.49. The first-order valence-electron chi connectivity index (χ1n) is 11.6. The topological polar surface area (TPSA) is 115 Å². The van der Waals surface area contributed by atoms with Gasteiger partial charge in [0, 0.05) is 35.1 Å². The second-order valence-electron chi connectivity index (χ2n) is 9.80. The van der Waals surface area contributed by atoms with Gasteiger partial charge in [0.25, 0.3) is 5.91 Å². The molecule has 9 nitrogen and oxygen atoms in total. The van der Waals surface area contributed by atoms with Crippen molar-refractivity contribution in [3.8, 4) is 11.8 Å². The average Bonchev–Trinajstić information content (AvgIpc) is 2.72. The molecule has 0 saturated heterocycles. The molecule has 2 unspecified atom stereocenters. The molecule has 174 valence electrons. The molecule has 2 aromatic heterocycles. The Morgan fingerprint density at radius 3 is 2.52 bits per heavy atom. The summed E-state index contributed by atoms with van der Waals surface area (Å²) >= 11 is 0. The first kappa shape index (κ1) is 21.6. The lowest BCUT2D eigenvalue weighted by molar-refractivity contribution is -0.0449. The van der Waals surface area contributed by atoms with Gasteiger partial charge in [0.1, 0.15) is 0 Å². The Morgan fingerprint density at radius 2 is 1.82 bits per heavy atom. The van der Waals surface area contributed by atoms with E-state index in [-0.39, 0.29) is 22.9 Å². The molecule has 2 N–H and O–H groups in total. The maximum Gasteiger partial charge on any atom is 0.414 e. The van der Waals surface area contributed by atoms with Crippen LogP contribution in [-0.2, 0) is 0 Å². The van der Waals surface area contributed by atoms with Crippen LogP contribution in [0.2, 0.25) is 0 Å².